The second-order valence-corrected chi connectivity index (χ2v) is 6.31. The van der Waals surface area contributed by atoms with E-state index in [1.807, 2.05) is 42.5 Å². The number of hydrogen-bond acceptors (Lipinski definition) is 5. The Kier molecular flexibility index (Phi) is 6.05. The van der Waals surface area contributed by atoms with Crippen molar-refractivity contribution in [1.82, 2.24) is 4.98 Å². The van der Waals surface area contributed by atoms with Gasteiger partial charge in [0.15, 0.2) is 11.5 Å². The van der Waals surface area contributed by atoms with Gasteiger partial charge in [-0.05, 0) is 42.3 Å². The van der Waals surface area contributed by atoms with Gasteiger partial charge in [-0.3, -0.25) is 4.99 Å². The molecule has 0 spiro atoms. The lowest BCUT2D eigenvalue weighted by atomic mass is 10.1. The monoisotopic (exact) mass is 390 g/mol. The first kappa shape index (κ1) is 19.8. The van der Waals surface area contributed by atoms with Crippen LogP contribution in [0.2, 0.25) is 0 Å². The number of methoxy groups -OCH3 is 2. The molecule has 0 radical (unpaired) electrons. The molecule has 1 heterocycles. The van der Waals surface area contributed by atoms with Gasteiger partial charge >= 0.3 is 0 Å². The molecule has 0 saturated heterocycles. The summed E-state index contributed by atoms with van der Waals surface area (Å²) in [5, 5.41) is 20.5. The zero-order chi connectivity index (χ0) is 20.8. The fourth-order valence-corrected chi connectivity index (χ4v) is 2.99. The van der Waals surface area contributed by atoms with Gasteiger partial charge in [-0.2, -0.15) is 5.26 Å². The Labute approximate surface area is 168 Å². The van der Waals surface area contributed by atoms with E-state index >= 15 is 0 Å². The number of aromatic nitrogens is 1. The topological polar surface area (TPSA) is 117 Å². The second kappa shape index (κ2) is 8.85. The highest BCUT2D eigenvalue weighted by Crippen LogP contribution is 2.30. The maximum atomic E-state index is 10.3. The average molecular weight is 390 g/mol. The Morgan fingerprint density at radius 3 is 2.66 bits per heavy atom. The number of H-pyrrole nitrogens is 1. The van der Waals surface area contributed by atoms with Crippen molar-refractivity contribution in [3.63, 3.8) is 0 Å². The van der Waals surface area contributed by atoms with Crippen LogP contribution in [0.4, 0.5) is 0 Å². The van der Waals surface area contributed by atoms with E-state index in [2.05, 4.69) is 9.98 Å². The van der Waals surface area contributed by atoms with Crippen molar-refractivity contribution in [2.75, 3.05) is 20.8 Å². The molecular weight excluding hydrogens is 368 g/mol. The maximum Gasteiger partial charge on any atom is 0.160 e. The van der Waals surface area contributed by atoms with Gasteiger partial charge in [0, 0.05) is 17.4 Å². The molecule has 4 N–H and O–H groups in total. The number of aromatic hydroxyl groups is 1. The van der Waals surface area contributed by atoms with E-state index in [0.717, 1.165) is 11.1 Å². The minimum Gasteiger partial charge on any atom is -0.505 e. The zero-order valence-corrected chi connectivity index (χ0v) is 16.3. The molecule has 0 amide bonds. The molecule has 0 aliphatic heterocycles. The van der Waals surface area contributed by atoms with E-state index in [1.165, 1.54) is 6.08 Å². The minimum atomic E-state index is 0.0754. The van der Waals surface area contributed by atoms with Crippen molar-refractivity contribution in [2.45, 2.75) is 6.42 Å². The lowest BCUT2D eigenvalue weighted by Gasteiger charge is -2.09. The highest BCUT2D eigenvalue weighted by molar-refractivity contribution is 6.05. The number of amidine groups is 1. The third kappa shape index (κ3) is 4.33. The standard InChI is InChI=1S/C22H22N4O3/c1-28-19-8-7-14(11-20(19)29-2)9-10-25-22(24)15(13-23)12-18-21(27)16-5-3-4-6-17(16)26-18/h3-8,11-12,26-27H,9-10H2,1-2H3,(H2,24,25)/b15-12+. The van der Waals surface area contributed by atoms with Gasteiger partial charge in [-0.25, -0.2) is 0 Å². The van der Waals surface area contributed by atoms with Gasteiger partial charge in [0.1, 0.15) is 17.7 Å². The summed E-state index contributed by atoms with van der Waals surface area (Å²) >= 11 is 0. The first-order valence-electron chi connectivity index (χ1n) is 9.00. The number of hydrogen-bond donors (Lipinski definition) is 3. The van der Waals surface area contributed by atoms with E-state index < -0.39 is 0 Å². The number of nitrogens with one attached hydrogen (secondary N) is 1. The van der Waals surface area contributed by atoms with Crippen molar-refractivity contribution >= 4 is 22.8 Å². The fourth-order valence-electron chi connectivity index (χ4n) is 2.99. The van der Waals surface area contributed by atoms with Crippen molar-refractivity contribution in [3.8, 4) is 23.3 Å². The molecule has 0 fully saturated rings. The molecule has 3 rings (SSSR count). The molecule has 0 saturated carbocycles. The number of para-hydroxylation sites is 1. The smallest absolute Gasteiger partial charge is 0.160 e. The van der Waals surface area contributed by atoms with E-state index in [0.29, 0.717) is 35.5 Å². The van der Waals surface area contributed by atoms with Gasteiger partial charge in [-0.1, -0.05) is 18.2 Å². The fraction of sp³-hybridized carbons (Fsp3) is 0.182. The van der Waals surface area contributed by atoms with Crippen LogP contribution in [0.3, 0.4) is 0 Å². The van der Waals surface area contributed by atoms with Crippen LogP contribution in [0.25, 0.3) is 17.0 Å². The van der Waals surface area contributed by atoms with E-state index in [1.54, 1.807) is 20.3 Å². The molecular formula is C22H22N4O3. The number of ether oxygens (including phenoxy) is 2. The summed E-state index contributed by atoms with van der Waals surface area (Å²) in [4.78, 5) is 7.38. The Bertz CT molecular complexity index is 1120. The molecule has 3 aromatic rings. The number of aliphatic imine (C=N–C) groups is 1. The summed E-state index contributed by atoms with van der Waals surface area (Å²) in [5.74, 6) is 1.50. The zero-order valence-electron chi connectivity index (χ0n) is 16.3. The van der Waals surface area contributed by atoms with Crippen LogP contribution >= 0.6 is 0 Å². The third-order valence-electron chi connectivity index (χ3n) is 4.52. The van der Waals surface area contributed by atoms with Crippen molar-refractivity contribution in [1.29, 1.82) is 5.26 Å². The number of fused-ring (bicyclic) bond motifs is 1. The number of nitrogens with zero attached hydrogens (tertiary/aromatic N) is 2. The predicted octanol–water partition coefficient (Wildman–Crippen LogP) is 3.40. The number of nitrogens with two attached hydrogens (primary N) is 1. The first-order valence-corrected chi connectivity index (χ1v) is 9.00. The first-order chi connectivity index (χ1) is 14.1. The summed E-state index contributed by atoms with van der Waals surface area (Å²) in [6.45, 7) is 0.402. The lowest BCUT2D eigenvalue weighted by Crippen LogP contribution is -2.15. The summed E-state index contributed by atoms with van der Waals surface area (Å²) in [5.41, 5.74) is 8.39. The minimum absolute atomic E-state index is 0.0754. The van der Waals surface area contributed by atoms with Crippen molar-refractivity contribution in [3.05, 3.63) is 59.3 Å². The van der Waals surface area contributed by atoms with E-state index in [9.17, 15) is 10.4 Å². The quantitative estimate of drug-likeness (QED) is 0.325. The highest BCUT2D eigenvalue weighted by atomic mass is 16.5. The van der Waals surface area contributed by atoms with E-state index in [-0.39, 0.29) is 17.2 Å². The Balaban J connectivity index is 1.76. The van der Waals surface area contributed by atoms with Gasteiger partial charge in [0.05, 0.1) is 25.5 Å². The largest absolute Gasteiger partial charge is 0.505 e. The van der Waals surface area contributed by atoms with Crippen LogP contribution in [-0.4, -0.2) is 36.7 Å². The molecule has 1 aromatic heterocycles. The Morgan fingerprint density at radius 2 is 1.97 bits per heavy atom. The second-order valence-electron chi connectivity index (χ2n) is 6.31. The summed E-state index contributed by atoms with van der Waals surface area (Å²) < 4.78 is 10.5. The number of benzene rings is 2. The van der Waals surface area contributed by atoms with Gasteiger partial charge in [-0.15, -0.1) is 0 Å². The molecule has 0 bridgehead atoms. The molecule has 29 heavy (non-hydrogen) atoms. The van der Waals surface area contributed by atoms with Gasteiger partial charge in [0.2, 0.25) is 0 Å². The van der Waals surface area contributed by atoms with E-state index in [4.69, 9.17) is 15.2 Å². The summed E-state index contributed by atoms with van der Waals surface area (Å²) in [6.07, 6.45) is 2.13. The number of nitriles is 1. The van der Waals surface area contributed by atoms with Crippen LogP contribution in [0.15, 0.2) is 53.0 Å². The van der Waals surface area contributed by atoms with Gasteiger partial charge in [0.25, 0.3) is 0 Å². The van der Waals surface area contributed by atoms with Crippen LogP contribution in [-0.2, 0) is 6.42 Å². The molecule has 7 heteroatoms. The van der Waals surface area contributed by atoms with Crippen molar-refractivity contribution in [2.24, 2.45) is 10.7 Å². The molecule has 0 atom stereocenters. The molecule has 0 aliphatic rings. The molecule has 7 nitrogen and oxygen atoms in total. The number of rotatable bonds is 7. The molecule has 0 unspecified atom stereocenters. The Hall–Kier alpha value is -3.92. The normalized spacial score (nSPS) is 12.0. The molecule has 0 aliphatic carbocycles. The lowest BCUT2D eigenvalue weighted by molar-refractivity contribution is 0.354. The Morgan fingerprint density at radius 1 is 1.21 bits per heavy atom. The summed E-state index contributed by atoms with van der Waals surface area (Å²) in [7, 11) is 3.17. The number of aromatic amines is 1. The maximum absolute atomic E-state index is 10.3. The van der Waals surface area contributed by atoms with Crippen LogP contribution in [0.5, 0.6) is 17.2 Å². The van der Waals surface area contributed by atoms with Crippen LogP contribution < -0.4 is 15.2 Å². The average Bonchev–Trinajstić information content (AvgIpc) is 3.07. The molecule has 148 valence electrons. The SMILES string of the molecule is COc1ccc(CCN=C(N)/C(C#N)=C/c2[nH]c3ccccc3c2O)cc1OC. The predicted molar refractivity (Wildman–Crippen MR) is 113 cm³/mol. The third-order valence-corrected chi connectivity index (χ3v) is 4.52. The van der Waals surface area contributed by atoms with Crippen LogP contribution in [0.1, 0.15) is 11.3 Å². The highest BCUT2D eigenvalue weighted by Gasteiger charge is 2.11. The van der Waals surface area contributed by atoms with Crippen molar-refractivity contribution < 1.29 is 14.6 Å². The summed E-state index contributed by atoms with van der Waals surface area (Å²) in [6, 6.07) is 15.0. The molecule has 2 aromatic carbocycles. The van der Waals surface area contributed by atoms with Crippen LogP contribution in [0, 0.1) is 11.3 Å². The van der Waals surface area contributed by atoms with Gasteiger partial charge < -0.3 is 25.3 Å².